The number of aromatic nitrogens is 1. The summed E-state index contributed by atoms with van der Waals surface area (Å²) in [4.78, 5) is 25.1. The molecule has 6 heteroatoms. The van der Waals surface area contributed by atoms with Gasteiger partial charge in [-0.1, -0.05) is 0 Å². The van der Waals surface area contributed by atoms with Gasteiger partial charge in [0.2, 0.25) is 0 Å². The smallest absolute Gasteiger partial charge is 0.261 e. The average Bonchev–Trinajstić information content (AvgIpc) is 2.33. The van der Waals surface area contributed by atoms with Gasteiger partial charge in [-0.15, -0.1) is 0 Å². The summed E-state index contributed by atoms with van der Waals surface area (Å²) in [6.07, 6.45) is 1.37. The number of nitrogens with zero attached hydrogens (tertiary/aromatic N) is 2. The highest BCUT2D eigenvalue weighted by atomic mass is 19.3. The zero-order valence-electron chi connectivity index (χ0n) is 11.6. The summed E-state index contributed by atoms with van der Waals surface area (Å²) in [5.41, 5.74) is -0.169. The van der Waals surface area contributed by atoms with Crippen LogP contribution < -0.4 is 5.56 Å². The fraction of sp³-hybridized carbons (Fsp3) is 0.571. The number of carbonyl (C=O) groups excluding carboxylic acids is 1. The van der Waals surface area contributed by atoms with Crippen LogP contribution in [0, 0.1) is 0 Å². The lowest BCUT2D eigenvalue weighted by Gasteiger charge is -2.40. The maximum atomic E-state index is 12.8. The Bertz CT molecular complexity index is 561. The third kappa shape index (κ3) is 3.12. The van der Waals surface area contributed by atoms with Crippen LogP contribution in [0.25, 0.3) is 0 Å². The first-order valence-electron chi connectivity index (χ1n) is 6.58. The van der Waals surface area contributed by atoms with Crippen LogP contribution >= 0.6 is 0 Å². The predicted octanol–water partition coefficient (Wildman–Crippen LogP) is 1.78. The van der Waals surface area contributed by atoms with Crippen LogP contribution in [0.2, 0.25) is 0 Å². The minimum absolute atomic E-state index is 0.119. The maximum absolute atomic E-state index is 12.8. The molecule has 4 nitrogen and oxygen atoms in total. The van der Waals surface area contributed by atoms with E-state index in [2.05, 4.69) is 0 Å². The Morgan fingerprint density at radius 3 is 2.70 bits per heavy atom. The molecule has 2 rings (SSSR count). The first kappa shape index (κ1) is 14.8. The highest BCUT2D eigenvalue weighted by Gasteiger charge is 2.46. The molecule has 1 fully saturated rings. The molecule has 1 heterocycles. The summed E-state index contributed by atoms with van der Waals surface area (Å²) >= 11 is 0. The molecule has 0 radical (unpaired) electrons. The molecule has 1 aliphatic carbocycles. The van der Waals surface area contributed by atoms with Crippen molar-refractivity contribution >= 4 is 5.78 Å². The van der Waals surface area contributed by atoms with Crippen LogP contribution in [0.4, 0.5) is 8.78 Å². The molecule has 0 N–H and O–H groups in total. The van der Waals surface area contributed by atoms with Crippen molar-refractivity contribution in [1.29, 1.82) is 0 Å². The molecule has 1 saturated carbocycles. The minimum atomic E-state index is -2.54. The topological polar surface area (TPSA) is 42.3 Å². The van der Waals surface area contributed by atoms with Crippen molar-refractivity contribution < 1.29 is 13.6 Å². The summed E-state index contributed by atoms with van der Waals surface area (Å²) in [5, 5.41) is 0. The van der Waals surface area contributed by atoms with Gasteiger partial charge in [0.15, 0.2) is 5.78 Å². The normalized spacial score (nSPS) is 18.1. The summed E-state index contributed by atoms with van der Waals surface area (Å²) in [5.74, 6) is -2.80. The van der Waals surface area contributed by atoms with Crippen molar-refractivity contribution in [2.24, 2.45) is 0 Å². The van der Waals surface area contributed by atoms with Gasteiger partial charge in [-0.3, -0.25) is 9.59 Å². The van der Waals surface area contributed by atoms with E-state index in [-0.39, 0.29) is 35.8 Å². The van der Waals surface area contributed by atoms with Gasteiger partial charge >= 0.3 is 0 Å². The Labute approximate surface area is 116 Å². The Morgan fingerprint density at radius 2 is 2.15 bits per heavy atom. The van der Waals surface area contributed by atoms with E-state index < -0.39 is 5.92 Å². The van der Waals surface area contributed by atoms with Crippen molar-refractivity contribution in [3.63, 3.8) is 0 Å². The maximum Gasteiger partial charge on any atom is 0.261 e. The molecule has 0 unspecified atom stereocenters. The van der Waals surface area contributed by atoms with Crippen LogP contribution in [-0.2, 0) is 6.54 Å². The number of hydrogen-bond acceptors (Lipinski definition) is 3. The highest BCUT2D eigenvalue weighted by Crippen LogP contribution is 2.39. The van der Waals surface area contributed by atoms with E-state index in [1.165, 1.54) is 17.6 Å². The standard InChI is InChI=1S/C14H18F2N2O2/c1-10(19)12-4-3-5-18(13(12)20)7-6-17(2)11-8-14(15,16)9-11/h3-5,11H,6-9H2,1-2H3. The highest BCUT2D eigenvalue weighted by molar-refractivity contribution is 5.93. The molecule has 110 valence electrons. The molecule has 1 aromatic heterocycles. The SMILES string of the molecule is CC(=O)c1cccn(CCN(C)C2CC(F)(F)C2)c1=O. The van der Waals surface area contributed by atoms with Gasteiger partial charge in [0.25, 0.3) is 11.5 Å². The first-order chi connectivity index (χ1) is 9.30. The quantitative estimate of drug-likeness (QED) is 0.774. The zero-order valence-corrected chi connectivity index (χ0v) is 11.6. The Morgan fingerprint density at radius 1 is 1.50 bits per heavy atom. The summed E-state index contributed by atoms with van der Waals surface area (Å²) in [6.45, 7) is 2.24. The largest absolute Gasteiger partial charge is 0.314 e. The monoisotopic (exact) mass is 284 g/mol. The lowest BCUT2D eigenvalue weighted by molar-refractivity contribution is -0.120. The fourth-order valence-electron chi connectivity index (χ4n) is 2.37. The Kier molecular flexibility index (Phi) is 4.04. The number of likely N-dealkylation sites (N-methyl/N-ethyl adjacent to an activating group) is 1. The van der Waals surface area contributed by atoms with Crippen molar-refractivity contribution in [3.8, 4) is 0 Å². The van der Waals surface area contributed by atoms with E-state index in [1.807, 2.05) is 4.90 Å². The molecule has 0 saturated heterocycles. The van der Waals surface area contributed by atoms with Gasteiger partial charge in [-0.2, -0.15) is 0 Å². The molecular formula is C14H18F2N2O2. The molecule has 20 heavy (non-hydrogen) atoms. The number of hydrogen-bond donors (Lipinski definition) is 0. The lowest BCUT2D eigenvalue weighted by Crippen LogP contribution is -2.50. The van der Waals surface area contributed by atoms with E-state index in [0.29, 0.717) is 13.1 Å². The number of carbonyl (C=O) groups is 1. The van der Waals surface area contributed by atoms with E-state index in [9.17, 15) is 18.4 Å². The zero-order chi connectivity index (χ0) is 14.9. The van der Waals surface area contributed by atoms with Crippen molar-refractivity contribution in [2.45, 2.75) is 38.3 Å². The molecular weight excluding hydrogens is 266 g/mol. The number of pyridine rings is 1. The molecule has 0 amide bonds. The second-order valence-electron chi connectivity index (χ2n) is 5.38. The molecule has 0 aliphatic heterocycles. The summed E-state index contributed by atoms with van der Waals surface area (Å²) in [7, 11) is 1.78. The third-order valence-electron chi connectivity index (χ3n) is 3.78. The van der Waals surface area contributed by atoms with Gasteiger partial charge in [-0.05, 0) is 26.1 Å². The number of alkyl halides is 2. The number of halogens is 2. The molecule has 0 bridgehead atoms. The number of rotatable bonds is 5. The van der Waals surface area contributed by atoms with Gasteiger partial charge < -0.3 is 9.47 Å². The minimum Gasteiger partial charge on any atom is -0.314 e. The van der Waals surface area contributed by atoms with Gasteiger partial charge in [0, 0.05) is 38.2 Å². The molecule has 1 aliphatic rings. The van der Waals surface area contributed by atoms with Gasteiger partial charge in [-0.25, -0.2) is 8.78 Å². The molecule has 0 atom stereocenters. The fourth-order valence-corrected chi connectivity index (χ4v) is 2.37. The second kappa shape index (κ2) is 5.44. The lowest BCUT2D eigenvalue weighted by atomic mass is 9.87. The van der Waals surface area contributed by atoms with E-state index >= 15 is 0 Å². The van der Waals surface area contributed by atoms with E-state index in [1.54, 1.807) is 19.3 Å². The van der Waals surface area contributed by atoms with Crippen LogP contribution in [0.15, 0.2) is 23.1 Å². The van der Waals surface area contributed by atoms with Crippen LogP contribution in [0.1, 0.15) is 30.1 Å². The molecule has 0 aromatic carbocycles. The average molecular weight is 284 g/mol. The molecule has 1 aromatic rings. The Balaban J connectivity index is 1.96. The van der Waals surface area contributed by atoms with Crippen LogP contribution in [-0.4, -0.2) is 40.8 Å². The molecule has 0 spiro atoms. The van der Waals surface area contributed by atoms with Crippen molar-refractivity contribution in [2.75, 3.05) is 13.6 Å². The van der Waals surface area contributed by atoms with E-state index in [4.69, 9.17) is 0 Å². The second-order valence-corrected chi connectivity index (χ2v) is 5.38. The first-order valence-corrected chi connectivity index (χ1v) is 6.58. The van der Waals surface area contributed by atoms with Crippen molar-refractivity contribution in [3.05, 3.63) is 34.2 Å². The van der Waals surface area contributed by atoms with Crippen molar-refractivity contribution in [1.82, 2.24) is 9.47 Å². The number of Topliss-reactive ketones (excluding diaryl/α,β-unsaturated/α-hetero) is 1. The summed E-state index contributed by atoms with van der Waals surface area (Å²) < 4.78 is 27.0. The Hall–Kier alpha value is -1.56. The number of ketones is 1. The van der Waals surface area contributed by atoms with Gasteiger partial charge in [0.05, 0.1) is 5.56 Å². The predicted molar refractivity (Wildman–Crippen MR) is 71.3 cm³/mol. The summed E-state index contributed by atoms with van der Waals surface area (Å²) in [6, 6.07) is 3.02. The van der Waals surface area contributed by atoms with Gasteiger partial charge in [0.1, 0.15) is 0 Å². The van der Waals surface area contributed by atoms with Crippen LogP contribution in [0.3, 0.4) is 0 Å². The third-order valence-corrected chi connectivity index (χ3v) is 3.78. The van der Waals surface area contributed by atoms with Crippen LogP contribution in [0.5, 0.6) is 0 Å². The van der Waals surface area contributed by atoms with E-state index in [0.717, 1.165) is 0 Å².